The number of ether oxygens (including phenoxy) is 2. The lowest BCUT2D eigenvalue weighted by Gasteiger charge is -2.26. The van der Waals surface area contributed by atoms with Crippen LogP contribution >= 0.6 is 27.3 Å². The fourth-order valence-corrected chi connectivity index (χ4v) is 4.80. The molecular weight excluding hydrogens is 446 g/mol. The third kappa shape index (κ3) is 3.92. The van der Waals surface area contributed by atoms with E-state index in [-0.39, 0.29) is 17.9 Å². The minimum atomic E-state index is -0.385. The fourth-order valence-electron chi connectivity index (χ4n) is 3.36. The zero-order valence-electron chi connectivity index (χ0n) is 15.4. The van der Waals surface area contributed by atoms with Crippen molar-refractivity contribution in [1.29, 1.82) is 0 Å². The molecule has 2 aliphatic rings. The summed E-state index contributed by atoms with van der Waals surface area (Å²) in [6.07, 6.45) is 1.93. The second-order valence-electron chi connectivity index (χ2n) is 6.70. The molecule has 1 saturated heterocycles. The van der Waals surface area contributed by atoms with Crippen LogP contribution in [-0.2, 0) is 22.5 Å². The van der Waals surface area contributed by atoms with E-state index >= 15 is 0 Å². The molecule has 28 heavy (non-hydrogen) atoms. The molecule has 0 aliphatic carbocycles. The Hall–Kier alpha value is -1.97. The van der Waals surface area contributed by atoms with Crippen molar-refractivity contribution < 1.29 is 19.1 Å². The normalized spacial score (nSPS) is 18.6. The summed E-state index contributed by atoms with van der Waals surface area (Å²) in [5.74, 6) is 0.438. The highest BCUT2D eigenvalue weighted by atomic mass is 79.9. The van der Waals surface area contributed by atoms with Crippen molar-refractivity contribution in [3.63, 3.8) is 0 Å². The maximum atomic E-state index is 13.0. The van der Waals surface area contributed by atoms with Gasteiger partial charge in [-0.05, 0) is 47.0 Å². The summed E-state index contributed by atoms with van der Waals surface area (Å²) in [7, 11) is 1.58. The van der Waals surface area contributed by atoms with Gasteiger partial charge in [0, 0.05) is 28.9 Å². The third-order valence-electron chi connectivity index (χ3n) is 4.87. The van der Waals surface area contributed by atoms with Crippen molar-refractivity contribution in [2.45, 2.75) is 31.9 Å². The highest BCUT2D eigenvalue weighted by molar-refractivity contribution is 9.10. The highest BCUT2D eigenvalue weighted by Gasteiger charge is 2.28. The predicted molar refractivity (Wildman–Crippen MR) is 109 cm³/mol. The number of fused-ring (bicyclic) bond motifs is 1. The number of amides is 2. The zero-order chi connectivity index (χ0) is 19.7. The molecule has 1 N–H and O–H groups in total. The Bertz CT molecular complexity index is 911. The molecule has 0 radical (unpaired) electrons. The fraction of sp³-hybridized carbons (Fsp3) is 0.421. The van der Waals surface area contributed by atoms with E-state index in [1.54, 1.807) is 24.1 Å². The number of nitrogens with zero attached hydrogens (tertiary/aromatic N) is 2. The summed E-state index contributed by atoms with van der Waals surface area (Å²) >= 11 is 4.87. The average molecular weight is 466 g/mol. The Morgan fingerprint density at radius 3 is 3.04 bits per heavy atom. The number of carbonyl (C=O) groups is 2. The van der Waals surface area contributed by atoms with Gasteiger partial charge in [-0.3, -0.25) is 14.9 Å². The minimum Gasteiger partial charge on any atom is -0.497 e. The first-order valence-electron chi connectivity index (χ1n) is 9.09. The van der Waals surface area contributed by atoms with Crippen molar-refractivity contribution in [2.24, 2.45) is 0 Å². The second-order valence-corrected chi connectivity index (χ2v) is 8.64. The van der Waals surface area contributed by atoms with Crippen LogP contribution in [0.4, 0.5) is 5.13 Å². The number of hydrogen-bond donors (Lipinski definition) is 1. The SMILES string of the molecule is COc1ccc(Br)c(C(=O)N2CCc3nc(NC(=O)C4CCCO4)sc3C2)c1. The van der Waals surface area contributed by atoms with Gasteiger partial charge in [0.25, 0.3) is 11.8 Å². The van der Waals surface area contributed by atoms with Crippen LogP contribution in [0.15, 0.2) is 22.7 Å². The Balaban J connectivity index is 1.47. The molecule has 1 unspecified atom stereocenters. The molecular formula is C19H20BrN3O4S. The third-order valence-corrected chi connectivity index (χ3v) is 6.56. The van der Waals surface area contributed by atoms with E-state index in [1.165, 1.54) is 11.3 Å². The number of methoxy groups -OCH3 is 1. The molecule has 2 aromatic rings. The minimum absolute atomic E-state index is 0.0604. The largest absolute Gasteiger partial charge is 0.497 e. The van der Waals surface area contributed by atoms with Gasteiger partial charge in [0.2, 0.25) is 0 Å². The van der Waals surface area contributed by atoms with Gasteiger partial charge in [-0.2, -0.15) is 0 Å². The van der Waals surface area contributed by atoms with Crippen LogP contribution in [0, 0.1) is 0 Å². The molecule has 7 nitrogen and oxygen atoms in total. The van der Waals surface area contributed by atoms with Crippen LogP contribution in [0.1, 0.15) is 33.8 Å². The topological polar surface area (TPSA) is 80.8 Å². The van der Waals surface area contributed by atoms with E-state index in [2.05, 4.69) is 26.2 Å². The summed E-state index contributed by atoms with van der Waals surface area (Å²) < 4.78 is 11.4. The summed E-state index contributed by atoms with van der Waals surface area (Å²) in [5, 5.41) is 3.43. The van der Waals surface area contributed by atoms with Gasteiger partial charge in [0.15, 0.2) is 5.13 Å². The van der Waals surface area contributed by atoms with E-state index in [9.17, 15) is 9.59 Å². The molecule has 2 aliphatic heterocycles. The number of halogens is 1. The van der Waals surface area contributed by atoms with Gasteiger partial charge >= 0.3 is 0 Å². The maximum absolute atomic E-state index is 13.0. The Labute approximate surface area is 175 Å². The molecule has 1 atom stereocenters. The Morgan fingerprint density at radius 2 is 2.29 bits per heavy atom. The van der Waals surface area contributed by atoms with Crippen LogP contribution in [0.2, 0.25) is 0 Å². The standard InChI is InChI=1S/C19H20BrN3O4S/c1-26-11-4-5-13(20)12(9-11)18(25)23-7-6-14-16(10-23)28-19(21-14)22-17(24)15-3-2-8-27-15/h4-5,9,15H,2-3,6-8,10H2,1H3,(H,21,22,24). The van der Waals surface area contributed by atoms with Crippen molar-refractivity contribution in [3.8, 4) is 5.75 Å². The van der Waals surface area contributed by atoms with Crippen LogP contribution in [0.5, 0.6) is 5.75 Å². The number of aromatic nitrogens is 1. The smallest absolute Gasteiger partial charge is 0.255 e. The highest BCUT2D eigenvalue weighted by Crippen LogP contribution is 2.31. The molecule has 3 heterocycles. The lowest BCUT2D eigenvalue weighted by molar-refractivity contribution is -0.124. The number of rotatable bonds is 4. The van der Waals surface area contributed by atoms with Gasteiger partial charge in [0.05, 0.1) is 24.9 Å². The lowest BCUT2D eigenvalue weighted by atomic mass is 10.1. The number of hydrogen-bond acceptors (Lipinski definition) is 6. The second kappa shape index (κ2) is 8.18. The van der Waals surface area contributed by atoms with Crippen LogP contribution in [-0.4, -0.2) is 48.1 Å². The summed E-state index contributed by atoms with van der Waals surface area (Å²) in [4.78, 5) is 32.6. The van der Waals surface area contributed by atoms with Gasteiger partial charge in [-0.1, -0.05) is 11.3 Å². The Kier molecular flexibility index (Phi) is 5.65. The van der Waals surface area contributed by atoms with Crippen molar-refractivity contribution in [2.75, 3.05) is 25.6 Å². The van der Waals surface area contributed by atoms with E-state index < -0.39 is 0 Å². The number of nitrogens with one attached hydrogen (secondary N) is 1. The molecule has 9 heteroatoms. The number of anilines is 1. The lowest BCUT2D eigenvalue weighted by Crippen LogP contribution is -2.35. The monoisotopic (exact) mass is 465 g/mol. The molecule has 4 rings (SSSR count). The number of thiazole rings is 1. The first kappa shape index (κ1) is 19.4. The number of carbonyl (C=O) groups excluding carboxylic acids is 2. The number of benzene rings is 1. The van der Waals surface area contributed by atoms with Crippen LogP contribution in [0.25, 0.3) is 0 Å². The van der Waals surface area contributed by atoms with E-state index in [1.807, 2.05) is 6.07 Å². The summed E-state index contributed by atoms with van der Waals surface area (Å²) in [5.41, 5.74) is 1.51. The molecule has 0 saturated carbocycles. The zero-order valence-corrected chi connectivity index (χ0v) is 17.8. The van der Waals surface area contributed by atoms with Gasteiger partial charge < -0.3 is 14.4 Å². The quantitative estimate of drug-likeness (QED) is 0.749. The van der Waals surface area contributed by atoms with E-state index in [4.69, 9.17) is 9.47 Å². The van der Waals surface area contributed by atoms with Crippen LogP contribution < -0.4 is 10.1 Å². The maximum Gasteiger partial charge on any atom is 0.255 e. The molecule has 0 bridgehead atoms. The average Bonchev–Trinajstić information content (AvgIpc) is 3.36. The first-order valence-corrected chi connectivity index (χ1v) is 10.7. The molecule has 0 spiro atoms. The molecule has 2 amide bonds. The summed E-state index contributed by atoms with van der Waals surface area (Å²) in [6, 6.07) is 5.36. The van der Waals surface area contributed by atoms with Crippen molar-refractivity contribution >= 4 is 44.2 Å². The Morgan fingerprint density at radius 1 is 1.43 bits per heavy atom. The van der Waals surface area contributed by atoms with Gasteiger partial charge in [-0.15, -0.1) is 0 Å². The van der Waals surface area contributed by atoms with Crippen molar-refractivity contribution in [3.05, 3.63) is 38.8 Å². The van der Waals surface area contributed by atoms with Crippen molar-refractivity contribution in [1.82, 2.24) is 9.88 Å². The van der Waals surface area contributed by atoms with Gasteiger partial charge in [0.1, 0.15) is 11.9 Å². The van der Waals surface area contributed by atoms with Gasteiger partial charge in [-0.25, -0.2) is 4.98 Å². The molecule has 1 aromatic carbocycles. The van der Waals surface area contributed by atoms with E-state index in [0.29, 0.717) is 42.6 Å². The molecule has 148 valence electrons. The summed E-state index contributed by atoms with van der Waals surface area (Å²) in [6.45, 7) is 1.69. The molecule has 1 fully saturated rings. The predicted octanol–water partition coefficient (Wildman–Crippen LogP) is 3.23. The molecule has 1 aromatic heterocycles. The van der Waals surface area contributed by atoms with Crippen LogP contribution in [0.3, 0.4) is 0 Å². The van der Waals surface area contributed by atoms with E-state index in [0.717, 1.165) is 27.9 Å². The first-order chi connectivity index (χ1) is 13.5.